The van der Waals surface area contributed by atoms with Gasteiger partial charge in [0.25, 0.3) is 5.91 Å². The first kappa shape index (κ1) is 24.4. The van der Waals surface area contributed by atoms with E-state index in [9.17, 15) is 4.79 Å². The van der Waals surface area contributed by atoms with Crippen molar-refractivity contribution >= 4 is 23.5 Å². The zero-order chi connectivity index (χ0) is 25.8. The number of fused-ring (bicyclic) bond motifs is 1. The largest absolute Gasteiger partial charge is 0.493 e. The number of halogens is 1. The van der Waals surface area contributed by atoms with Crippen molar-refractivity contribution in [3.05, 3.63) is 112 Å². The maximum Gasteiger partial charge on any atom is 0.251 e. The van der Waals surface area contributed by atoms with Crippen LogP contribution in [-0.2, 0) is 17.9 Å². The van der Waals surface area contributed by atoms with Gasteiger partial charge in [-0.15, -0.1) is 0 Å². The van der Waals surface area contributed by atoms with Gasteiger partial charge in [0.05, 0.1) is 12.7 Å². The smallest absolute Gasteiger partial charge is 0.251 e. The molecule has 0 radical (unpaired) electrons. The first-order chi connectivity index (χ1) is 18.0. The predicted molar refractivity (Wildman–Crippen MR) is 142 cm³/mol. The molecule has 1 amide bonds. The van der Waals surface area contributed by atoms with Gasteiger partial charge in [0, 0.05) is 22.8 Å². The monoisotopic (exact) mass is 515 g/mol. The summed E-state index contributed by atoms with van der Waals surface area (Å²) in [4.78, 5) is 18.0. The summed E-state index contributed by atoms with van der Waals surface area (Å²) in [7, 11) is 1.59. The second-order valence-electron chi connectivity index (χ2n) is 8.56. The Morgan fingerprint density at radius 1 is 1.05 bits per heavy atom. The Balaban J connectivity index is 1.52. The number of anilines is 1. The number of para-hydroxylation sites is 1. The second-order valence-corrected chi connectivity index (χ2v) is 8.99. The van der Waals surface area contributed by atoms with E-state index in [0.29, 0.717) is 40.3 Å². The Hall–Kier alpha value is -4.30. The average molecular weight is 516 g/mol. The van der Waals surface area contributed by atoms with E-state index in [1.54, 1.807) is 11.8 Å². The molecule has 2 N–H and O–H groups in total. The minimum Gasteiger partial charge on any atom is -0.493 e. The summed E-state index contributed by atoms with van der Waals surface area (Å²) in [6, 6.07) is 22.2. The van der Waals surface area contributed by atoms with E-state index in [2.05, 4.69) is 20.7 Å². The zero-order valence-electron chi connectivity index (χ0n) is 20.4. The molecule has 0 saturated carbocycles. The van der Waals surface area contributed by atoms with Crippen LogP contribution in [0.4, 0.5) is 5.95 Å². The number of aromatic nitrogens is 3. The number of carbonyl (C=O) groups excluding carboxylic acids is 1. The number of methoxy groups -OCH3 is 1. The van der Waals surface area contributed by atoms with Gasteiger partial charge in [-0.1, -0.05) is 66.2 Å². The molecule has 2 heterocycles. The third-order valence-electron chi connectivity index (χ3n) is 6.16. The fraction of sp³-hybridized carbons (Fsp3) is 0.179. The number of allylic oxidation sites excluding steroid dienone is 1. The summed E-state index contributed by atoms with van der Waals surface area (Å²) in [6.45, 7) is 2.54. The van der Waals surface area contributed by atoms with Crippen LogP contribution in [0.15, 0.2) is 90.4 Å². The van der Waals surface area contributed by atoms with Crippen LogP contribution in [-0.4, -0.2) is 27.8 Å². The molecular formula is C28H26ClN5O3. The SMILES string of the molecule is COc1cccc(C2C(C(=O)NCc3ccccc3)=C(C)Nc3ncnn32)c1OCc1ccc(Cl)cc1. The number of hydrogen-bond donors (Lipinski definition) is 2. The maximum atomic E-state index is 13.6. The lowest BCUT2D eigenvalue weighted by Gasteiger charge is -2.30. The van der Waals surface area contributed by atoms with E-state index in [0.717, 1.165) is 16.7 Å². The average Bonchev–Trinajstić information content (AvgIpc) is 3.39. The van der Waals surface area contributed by atoms with Gasteiger partial charge < -0.3 is 20.1 Å². The number of ether oxygens (including phenoxy) is 2. The van der Waals surface area contributed by atoms with Gasteiger partial charge in [0.2, 0.25) is 5.95 Å². The molecule has 0 bridgehead atoms. The van der Waals surface area contributed by atoms with Crippen LogP contribution < -0.4 is 20.1 Å². The quantitative estimate of drug-likeness (QED) is 0.338. The van der Waals surface area contributed by atoms with Crippen LogP contribution in [0.5, 0.6) is 11.5 Å². The maximum absolute atomic E-state index is 13.6. The normalized spacial score (nSPS) is 14.5. The first-order valence-electron chi connectivity index (χ1n) is 11.8. The predicted octanol–water partition coefficient (Wildman–Crippen LogP) is 5.12. The van der Waals surface area contributed by atoms with Crippen LogP contribution >= 0.6 is 11.6 Å². The highest BCUT2D eigenvalue weighted by Gasteiger charge is 2.36. The van der Waals surface area contributed by atoms with Gasteiger partial charge in [0.15, 0.2) is 11.5 Å². The number of hydrogen-bond acceptors (Lipinski definition) is 6. The molecule has 9 heteroatoms. The van der Waals surface area contributed by atoms with E-state index in [1.165, 1.54) is 6.33 Å². The van der Waals surface area contributed by atoms with Crippen LogP contribution in [0.3, 0.4) is 0 Å². The lowest BCUT2D eigenvalue weighted by Crippen LogP contribution is -2.35. The Bertz CT molecular complexity index is 1430. The summed E-state index contributed by atoms with van der Waals surface area (Å²) in [5.74, 6) is 1.39. The van der Waals surface area contributed by atoms with Crippen molar-refractivity contribution in [3.8, 4) is 11.5 Å². The number of amides is 1. The van der Waals surface area contributed by atoms with E-state index in [4.69, 9.17) is 21.1 Å². The third-order valence-corrected chi connectivity index (χ3v) is 6.41. The number of rotatable bonds is 8. The topological polar surface area (TPSA) is 90.3 Å². The van der Waals surface area contributed by atoms with Crippen molar-refractivity contribution < 1.29 is 14.3 Å². The second kappa shape index (κ2) is 10.8. The fourth-order valence-electron chi connectivity index (χ4n) is 4.35. The van der Waals surface area contributed by atoms with Gasteiger partial charge in [-0.25, -0.2) is 4.68 Å². The van der Waals surface area contributed by atoms with Crippen molar-refractivity contribution in [2.45, 2.75) is 26.1 Å². The first-order valence-corrected chi connectivity index (χ1v) is 12.2. The third kappa shape index (κ3) is 5.15. The molecule has 5 rings (SSSR count). The van der Waals surface area contributed by atoms with Crippen LogP contribution in [0.1, 0.15) is 29.7 Å². The lowest BCUT2D eigenvalue weighted by atomic mass is 9.94. The molecule has 1 aliphatic rings. The van der Waals surface area contributed by atoms with Crippen LogP contribution in [0.2, 0.25) is 5.02 Å². The van der Waals surface area contributed by atoms with Crippen molar-refractivity contribution in [3.63, 3.8) is 0 Å². The minimum atomic E-state index is -0.593. The molecule has 3 aromatic carbocycles. The van der Waals surface area contributed by atoms with Crippen molar-refractivity contribution in [2.75, 3.05) is 12.4 Å². The number of benzene rings is 3. The summed E-state index contributed by atoms with van der Waals surface area (Å²) in [5.41, 5.74) is 3.87. The Morgan fingerprint density at radius 2 is 1.84 bits per heavy atom. The van der Waals surface area contributed by atoms with Gasteiger partial charge in [-0.3, -0.25) is 4.79 Å². The number of nitrogens with zero attached hydrogens (tertiary/aromatic N) is 3. The molecule has 1 atom stereocenters. The Morgan fingerprint density at radius 3 is 2.59 bits per heavy atom. The Kier molecular flexibility index (Phi) is 7.09. The lowest BCUT2D eigenvalue weighted by molar-refractivity contribution is -0.118. The molecule has 0 spiro atoms. The highest BCUT2D eigenvalue weighted by Crippen LogP contribution is 2.43. The molecule has 0 aliphatic carbocycles. The molecule has 4 aromatic rings. The Labute approximate surface area is 219 Å². The van der Waals surface area contributed by atoms with Crippen molar-refractivity contribution in [1.29, 1.82) is 0 Å². The van der Waals surface area contributed by atoms with Gasteiger partial charge >= 0.3 is 0 Å². The molecule has 1 aliphatic heterocycles. The van der Waals surface area contributed by atoms with Crippen LogP contribution in [0.25, 0.3) is 0 Å². The molecule has 37 heavy (non-hydrogen) atoms. The van der Waals surface area contributed by atoms with E-state index >= 15 is 0 Å². The number of carbonyl (C=O) groups is 1. The van der Waals surface area contributed by atoms with Crippen LogP contribution in [0, 0.1) is 0 Å². The van der Waals surface area contributed by atoms with E-state index < -0.39 is 6.04 Å². The molecule has 0 fully saturated rings. The molecular weight excluding hydrogens is 490 g/mol. The standard InChI is InChI=1S/C28H26ClN5O3/c1-18-24(27(35)30-15-19-7-4-3-5-8-19)25(34-28(33-18)31-17-32-34)22-9-6-10-23(36-2)26(22)37-16-20-11-13-21(29)14-12-20/h3-14,17,25H,15-16H2,1-2H3,(H,30,35)(H,31,32,33). The van der Waals surface area contributed by atoms with E-state index in [-0.39, 0.29) is 12.5 Å². The van der Waals surface area contributed by atoms with Crippen molar-refractivity contribution in [1.82, 2.24) is 20.1 Å². The summed E-state index contributed by atoms with van der Waals surface area (Å²) >= 11 is 6.04. The highest BCUT2D eigenvalue weighted by atomic mass is 35.5. The molecule has 0 saturated heterocycles. The fourth-order valence-corrected chi connectivity index (χ4v) is 4.47. The van der Waals surface area contributed by atoms with Gasteiger partial charge in [-0.2, -0.15) is 10.1 Å². The van der Waals surface area contributed by atoms with Crippen molar-refractivity contribution in [2.24, 2.45) is 0 Å². The van der Waals surface area contributed by atoms with Gasteiger partial charge in [0.1, 0.15) is 19.0 Å². The molecule has 8 nitrogen and oxygen atoms in total. The molecule has 1 unspecified atom stereocenters. The molecule has 188 valence electrons. The van der Waals surface area contributed by atoms with E-state index in [1.807, 2.05) is 79.7 Å². The summed E-state index contributed by atoms with van der Waals surface area (Å²) < 4.78 is 13.7. The molecule has 1 aromatic heterocycles. The van der Waals surface area contributed by atoms with Gasteiger partial charge in [-0.05, 0) is 36.2 Å². The summed E-state index contributed by atoms with van der Waals surface area (Å²) in [6.07, 6.45) is 1.46. The zero-order valence-corrected chi connectivity index (χ0v) is 21.2. The summed E-state index contributed by atoms with van der Waals surface area (Å²) in [5, 5.41) is 11.4. The highest BCUT2D eigenvalue weighted by molar-refractivity contribution is 6.30. The minimum absolute atomic E-state index is 0.216. The number of nitrogens with one attached hydrogen (secondary N) is 2.